The number of nitrogens with zero attached hydrogens (tertiary/aromatic N) is 3. The van der Waals surface area contributed by atoms with Crippen LogP contribution in [0.2, 0.25) is 0 Å². The molecular formula is C13H10N4O2. The van der Waals surface area contributed by atoms with Gasteiger partial charge in [-0.25, -0.2) is 4.52 Å². The number of hydrogen-bond donors (Lipinski definition) is 1. The molecule has 0 bridgehead atoms. The Labute approximate surface area is 108 Å². The first kappa shape index (κ1) is 10.2. The monoisotopic (exact) mass is 254 g/mol. The summed E-state index contributed by atoms with van der Waals surface area (Å²) in [7, 11) is 0. The van der Waals surface area contributed by atoms with E-state index in [-0.39, 0.29) is 12.7 Å². The lowest BCUT2D eigenvalue weighted by molar-refractivity contribution is 0.174. The molecule has 0 fully saturated rings. The highest BCUT2D eigenvalue weighted by Crippen LogP contribution is 2.36. The Morgan fingerprint density at radius 2 is 2.05 bits per heavy atom. The summed E-state index contributed by atoms with van der Waals surface area (Å²) in [6.45, 7) is 0.265. The van der Waals surface area contributed by atoms with Crippen LogP contribution in [0.4, 0.5) is 5.95 Å². The quantitative estimate of drug-likeness (QED) is 0.715. The summed E-state index contributed by atoms with van der Waals surface area (Å²) in [5, 5.41) is 4.10. The number of fused-ring (bicyclic) bond motifs is 2. The minimum absolute atomic E-state index is 0.258. The molecule has 3 heterocycles. The maximum absolute atomic E-state index is 5.64. The highest BCUT2D eigenvalue weighted by atomic mass is 16.7. The van der Waals surface area contributed by atoms with Gasteiger partial charge in [0.25, 0.3) is 0 Å². The molecule has 0 atom stereocenters. The Morgan fingerprint density at radius 3 is 3.00 bits per heavy atom. The SMILES string of the molecule is Nc1nc2c(-c3ccc4c(c3)OCO4)cccn2n1. The van der Waals surface area contributed by atoms with Gasteiger partial charge in [0, 0.05) is 11.8 Å². The van der Waals surface area contributed by atoms with Gasteiger partial charge in [0.2, 0.25) is 12.7 Å². The molecular weight excluding hydrogens is 244 g/mol. The highest BCUT2D eigenvalue weighted by molar-refractivity contribution is 5.79. The van der Waals surface area contributed by atoms with Gasteiger partial charge in [0.1, 0.15) is 0 Å². The first-order valence-corrected chi connectivity index (χ1v) is 5.82. The summed E-state index contributed by atoms with van der Waals surface area (Å²) >= 11 is 0. The summed E-state index contributed by atoms with van der Waals surface area (Å²) in [4.78, 5) is 4.24. The number of nitrogens with two attached hydrogens (primary N) is 1. The van der Waals surface area contributed by atoms with Crippen molar-refractivity contribution in [2.24, 2.45) is 0 Å². The molecule has 4 rings (SSSR count). The van der Waals surface area contributed by atoms with Crippen LogP contribution in [0.5, 0.6) is 11.5 Å². The van der Waals surface area contributed by atoms with Crippen molar-refractivity contribution >= 4 is 11.6 Å². The molecule has 6 nitrogen and oxygen atoms in total. The van der Waals surface area contributed by atoms with E-state index in [4.69, 9.17) is 15.2 Å². The highest BCUT2D eigenvalue weighted by Gasteiger charge is 2.15. The Hall–Kier alpha value is -2.76. The molecule has 94 valence electrons. The van der Waals surface area contributed by atoms with Crippen LogP contribution in [0, 0.1) is 0 Å². The van der Waals surface area contributed by atoms with Crippen molar-refractivity contribution in [3.8, 4) is 22.6 Å². The van der Waals surface area contributed by atoms with Crippen molar-refractivity contribution in [1.29, 1.82) is 0 Å². The average Bonchev–Trinajstić information content (AvgIpc) is 3.01. The van der Waals surface area contributed by atoms with E-state index in [1.807, 2.05) is 36.5 Å². The Bertz CT molecular complexity index is 781. The van der Waals surface area contributed by atoms with Crippen LogP contribution in [0.3, 0.4) is 0 Å². The van der Waals surface area contributed by atoms with Gasteiger partial charge in [-0.1, -0.05) is 6.07 Å². The lowest BCUT2D eigenvalue weighted by atomic mass is 10.1. The van der Waals surface area contributed by atoms with Crippen LogP contribution in [0.1, 0.15) is 0 Å². The van der Waals surface area contributed by atoms with E-state index >= 15 is 0 Å². The van der Waals surface area contributed by atoms with E-state index in [9.17, 15) is 0 Å². The van der Waals surface area contributed by atoms with E-state index < -0.39 is 0 Å². The fraction of sp³-hybridized carbons (Fsp3) is 0.0769. The lowest BCUT2D eigenvalue weighted by Gasteiger charge is -2.04. The van der Waals surface area contributed by atoms with Gasteiger partial charge in [-0.05, 0) is 29.8 Å². The van der Waals surface area contributed by atoms with Crippen molar-refractivity contribution in [2.45, 2.75) is 0 Å². The molecule has 1 aliphatic heterocycles. The van der Waals surface area contributed by atoms with Crippen LogP contribution in [-0.2, 0) is 0 Å². The third kappa shape index (κ3) is 1.50. The summed E-state index contributed by atoms with van der Waals surface area (Å²) in [6, 6.07) is 9.67. The number of hydrogen-bond acceptors (Lipinski definition) is 5. The van der Waals surface area contributed by atoms with Crippen LogP contribution in [0.25, 0.3) is 16.8 Å². The van der Waals surface area contributed by atoms with Crippen LogP contribution in [-0.4, -0.2) is 21.4 Å². The fourth-order valence-corrected chi connectivity index (χ4v) is 2.21. The molecule has 0 amide bonds. The normalized spacial score (nSPS) is 13.1. The number of pyridine rings is 1. The minimum atomic E-state index is 0.258. The van der Waals surface area contributed by atoms with Gasteiger partial charge in [-0.3, -0.25) is 0 Å². The Morgan fingerprint density at radius 1 is 1.16 bits per heavy atom. The number of ether oxygens (including phenoxy) is 2. The van der Waals surface area contributed by atoms with Gasteiger partial charge in [-0.2, -0.15) is 4.98 Å². The zero-order valence-electron chi connectivity index (χ0n) is 9.91. The van der Waals surface area contributed by atoms with Crippen LogP contribution < -0.4 is 15.2 Å². The Balaban J connectivity index is 1.94. The Kier molecular flexibility index (Phi) is 1.94. The van der Waals surface area contributed by atoms with Gasteiger partial charge in [0.05, 0.1) is 0 Å². The van der Waals surface area contributed by atoms with E-state index in [1.165, 1.54) is 0 Å². The van der Waals surface area contributed by atoms with E-state index in [1.54, 1.807) is 4.52 Å². The third-order valence-corrected chi connectivity index (χ3v) is 3.06. The second-order valence-electron chi connectivity index (χ2n) is 4.23. The molecule has 0 unspecified atom stereocenters. The largest absolute Gasteiger partial charge is 0.454 e. The van der Waals surface area contributed by atoms with E-state index in [0.717, 1.165) is 28.3 Å². The van der Waals surface area contributed by atoms with Crippen molar-refractivity contribution in [3.63, 3.8) is 0 Å². The molecule has 19 heavy (non-hydrogen) atoms. The topological polar surface area (TPSA) is 74.7 Å². The summed E-state index contributed by atoms with van der Waals surface area (Å²) < 4.78 is 12.4. The van der Waals surface area contributed by atoms with Gasteiger partial charge >= 0.3 is 0 Å². The molecule has 6 heteroatoms. The summed E-state index contributed by atoms with van der Waals surface area (Å²) in [5.74, 6) is 1.76. The molecule has 0 saturated heterocycles. The molecule has 3 aromatic rings. The van der Waals surface area contributed by atoms with Gasteiger partial charge in [-0.15, -0.1) is 5.10 Å². The van der Waals surface area contributed by atoms with Crippen molar-refractivity contribution in [2.75, 3.05) is 12.5 Å². The molecule has 2 aromatic heterocycles. The first-order valence-electron chi connectivity index (χ1n) is 5.82. The fourth-order valence-electron chi connectivity index (χ4n) is 2.21. The number of aromatic nitrogens is 3. The summed E-state index contributed by atoms with van der Waals surface area (Å²) in [6.07, 6.45) is 1.81. The molecule has 0 radical (unpaired) electrons. The standard InChI is InChI=1S/C13H10N4O2/c14-13-15-12-9(2-1-5-17(12)16-13)8-3-4-10-11(6-8)19-7-18-10/h1-6H,7H2,(H2,14,16). The second kappa shape index (κ2) is 3.61. The average molecular weight is 254 g/mol. The number of anilines is 1. The molecule has 1 aromatic carbocycles. The van der Waals surface area contributed by atoms with Gasteiger partial charge < -0.3 is 15.2 Å². The third-order valence-electron chi connectivity index (χ3n) is 3.06. The van der Waals surface area contributed by atoms with Crippen LogP contribution >= 0.6 is 0 Å². The van der Waals surface area contributed by atoms with Crippen molar-refractivity contribution in [3.05, 3.63) is 36.5 Å². The molecule has 0 saturated carbocycles. The predicted octanol–water partition coefficient (Wildman–Crippen LogP) is 1.71. The van der Waals surface area contributed by atoms with Gasteiger partial charge in [0.15, 0.2) is 17.1 Å². The van der Waals surface area contributed by atoms with Crippen molar-refractivity contribution in [1.82, 2.24) is 14.6 Å². The number of rotatable bonds is 1. The lowest BCUT2D eigenvalue weighted by Crippen LogP contribution is -1.93. The smallest absolute Gasteiger partial charge is 0.240 e. The zero-order chi connectivity index (χ0) is 12.8. The minimum Gasteiger partial charge on any atom is -0.454 e. The molecule has 0 aliphatic carbocycles. The van der Waals surface area contributed by atoms with Crippen LogP contribution in [0.15, 0.2) is 36.5 Å². The number of benzene rings is 1. The van der Waals surface area contributed by atoms with E-state index in [0.29, 0.717) is 0 Å². The second-order valence-corrected chi connectivity index (χ2v) is 4.23. The van der Waals surface area contributed by atoms with Crippen molar-refractivity contribution < 1.29 is 9.47 Å². The maximum Gasteiger partial charge on any atom is 0.240 e. The maximum atomic E-state index is 5.64. The first-order chi connectivity index (χ1) is 9.31. The number of nitrogen functional groups attached to an aromatic ring is 1. The summed E-state index contributed by atoms with van der Waals surface area (Å²) in [5.41, 5.74) is 8.30. The van der Waals surface area contributed by atoms with E-state index in [2.05, 4.69) is 10.1 Å². The molecule has 1 aliphatic rings. The molecule has 0 spiro atoms. The predicted molar refractivity (Wildman–Crippen MR) is 69.0 cm³/mol. The molecule has 2 N–H and O–H groups in total. The zero-order valence-corrected chi connectivity index (χ0v) is 9.91.